The molecule has 6 atom stereocenters. The third-order valence-corrected chi connectivity index (χ3v) is 10.9. The Balaban J connectivity index is 1.28. The van der Waals surface area contributed by atoms with Gasteiger partial charge in [0.15, 0.2) is 5.78 Å². The Labute approximate surface area is 373 Å². The molecule has 0 aliphatic carbocycles. The van der Waals surface area contributed by atoms with Crippen LogP contribution in [0.15, 0.2) is 109 Å². The van der Waals surface area contributed by atoms with E-state index in [9.17, 15) is 39.2 Å². The SMILES string of the molecule is CC(C)C[C@H](NC(O)[C@H](CCc1ccccc1)NC(=O)Cc1ccc(OC(=O)c2ccc([N+](=O)[O-])cc2)cc1)C(=O)N[C@@H](Cc1ccccc1)C(=O)N[C@@H](CC(C)C)C(=O)[C@@]1(C)CO1. The number of aliphatic hydroxyl groups is 1. The molecule has 5 rings (SSSR count). The van der Waals surface area contributed by atoms with Crippen molar-refractivity contribution in [1.82, 2.24) is 21.3 Å². The van der Waals surface area contributed by atoms with Crippen LogP contribution in [0.4, 0.5) is 5.69 Å². The van der Waals surface area contributed by atoms with Gasteiger partial charge in [0, 0.05) is 18.6 Å². The fraction of sp³-hybridized carbons (Fsp3) is 0.408. The zero-order valence-electron chi connectivity index (χ0n) is 37.0. The van der Waals surface area contributed by atoms with Crippen LogP contribution in [0, 0.1) is 22.0 Å². The number of ether oxygens (including phenoxy) is 2. The second kappa shape index (κ2) is 22.9. The Kier molecular flexibility index (Phi) is 17.4. The largest absolute Gasteiger partial charge is 0.423 e. The van der Waals surface area contributed by atoms with Crippen molar-refractivity contribution >= 4 is 35.2 Å². The Hall–Kier alpha value is -6.29. The number of Topliss-reactive ketones (excluding diaryl/α,β-unsaturated/α-hetero) is 1. The summed E-state index contributed by atoms with van der Waals surface area (Å²) in [5, 5.41) is 34.6. The van der Waals surface area contributed by atoms with Crippen LogP contribution >= 0.6 is 0 Å². The fourth-order valence-corrected chi connectivity index (χ4v) is 7.25. The van der Waals surface area contributed by atoms with Crippen molar-refractivity contribution in [2.45, 2.75) is 109 Å². The number of aliphatic hydroxyl groups excluding tert-OH is 1. The van der Waals surface area contributed by atoms with E-state index in [1.807, 2.05) is 88.4 Å². The van der Waals surface area contributed by atoms with Crippen LogP contribution in [-0.4, -0.2) is 82.1 Å². The van der Waals surface area contributed by atoms with Gasteiger partial charge in [0.2, 0.25) is 17.7 Å². The number of nitro benzene ring substituents is 1. The first kappa shape index (κ1) is 48.7. The highest BCUT2D eigenvalue weighted by Gasteiger charge is 2.50. The van der Waals surface area contributed by atoms with Crippen molar-refractivity contribution in [3.8, 4) is 5.75 Å². The van der Waals surface area contributed by atoms with Crippen molar-refractivity contribution in [2.24, 2.45) is 11.8 Å². The van der Waals surface area contributed by atoms with E-state index in [0.717, 1.165) is 11.1 Å². The maximum Gasteiger partial charge on any atom is 0.343 e. The van der Waals surface area contributed by atoms with Crippen LogP contribution in [-0.2, 0) is 43.2 Å². The molecule has 0 aromatic heterocycles. The molecule has 1 aliphatic rings. The number of amides is 3. The highest BCUT2D eigenvalue weighted by atomic mass is 16.6. The molecule has 0 saturated carbocycles. The molecule has 1 saturated heterocycles. The Morgan fingerprint density at radius 2 is 1.28 bits per heavy atom. The molecule has 15 heteroatoms. The van der Waals surface area contributed by atoms with Gasteiger partial charge in [0.25, 0.3) is 5.69 Å². The van der Waals surface area contributed by atoms with Crippen molar-refractivity contribution in [3.05, 3.63) is 142 Å². The number of non-ortho nitro benzene ring substituents is 1. The second-order valence-electron chi connectivity index (χ2n) is 17.3. The van der Waals surface area contributed by atoms with Crippen LogP contribution in [0.3, 0.4) is 0 Å². The molecule has 64 heavy (non-hydrogen) atoms. The summed E-state index contributed by atoms with van der Waals surface area (Å²) in [6.07, 6.45) is 0.157. The number of aryl methyl sites for hydroxylation is 1. The summed E-state index contributed by atoms with van der Waals surface area (Å²) in [7, 11) is 0. The number of nitro groups is 1. The third-order valence-electron chi connectivity index (χ3n) is 10.9. The molecule has 5 N–H and O–H groups in total. The van der Waals surface area contributed by atoms with Crippen LogP contribution in [0.25, 0.3) is 0 Å². The van der Waals surface area contributed by atoms with Gasteiger partial charge in [-0.15, -0.1) is 0 Å². The maximum absolute atomic E-state index is 14.3. The van der Waals surface area contributed by atoms with Crippen LogP contribution in [0.1, 0.15) is 80.9 Å². The number of hydrogen-bond acceptors (Lipinski definition) is 11. The standard InChI is InChI=1S/C49H59N5O10/c1-31(2)26-40(44(56)49(5)30-63-49)51-47(59)42(28-34-14-10-7-11-15-34)53-46(58)41(27-32(3)4)52-45(57)39(25-18-33-12-8-6-9-13-33)50-43(55)29-35-16-23-38(24-17-35)64-48(60)36-19-21-37(22-20-36)54(61)62/h6-17,19-24,31-32,39-42,45,52,57H,18,25-30H2,1-5H3,(H,50,55)(H,51,59)(H,53,58)/t39-,40-,41-,42-,45?,49+/m0/s1. The predicted molar refractivity (Wildman–Crippen MR) is 240 cm³/mol. The first-order valence-corrected chi connectivity index (χ1v) is 21.7. The third kappa shape index (κ3) is 14.9. The minimum Gasteiger partial charge on any atom is -0.423 e. The van der Waals surface area contributed by atoms with Crippen LogP contribution in [0.5, 0.6) is 5.75 Å². The molecule has 4 aromatic rings. The van der Waals surface area contributed by atoms with Gasteiger partial charge in [0.1, 0.15) is 23.6 Å². The van der Waals surface area contributed by atoms with Gasteiger partial charge in [-0.25, -0.2) is 4.79 Å². The minimum atomic E-state index is -1.39. The van der Waals surface area contributed by atoms with Crippen molar-refractivity contribution in [1.29, 1.82) is 0 Å². The monoisotopic (exact) mass is 877 g/mol. The molecule has 0 radical (unpaired) electrons. The number of hydrogen-bond donors (Lipinski definition) is 5. The van der Waals surface area contributed by atoms with Gasteiger partial charge in [-0.2, -0.15) is 0 Å². The summed E-state index contributed by atoms with van der Waals surface area (Å²) in [6, 6.07) is 26.4. The predicted octanol–water partition coefficient (Wildman–Crippen LogP) is 5.41. The van der Waals surface area contributed by atoms with Crippen molar-refractivity contribution in [2.75, 3.05) is 6.61 Å². The Morgan fingerprint density at radius 3 is 1.84 bits per heavy atom. The zero-order chi connectivity index (χ0) is 46.4. The summed E-state index contributed by atoms with van der Waals surface area (Å²) in [4.78, 5) is 78.4. The lowest BCUT2D eigenvalue weighted by Crippen LogP contribution is -2.60. The molecule has 340 valence electrons. The van der Waals surface area contributed by atoms with Gasteiger partial charge in [-0.3, -0.25) is 34.6 Å². The van der Waals surface area contributed by atoms with E-state index in [0.29, 0.717) is 24.8 Å². The number of benzene rings is 4. The number of nitrogens with one attached hydrogen (secondary N) is 4. The summed E-state index contributed by atoms with van der Waals surface area (Å²) in [5.74, 6) is -2.11. The van der Waals surface area contributed by atoms with Gasteiger partial charge >= 0.3 is 5.97 Å². The summed E-state index contributed by atoms with van der Waals surface area (Å²) in [5.41, 5.74) is 1.38. The topological polar surface area (TPSA) is 219 Å². The van der Waals surface area contributed by atoms with Crippen LogP contribution < -0.4 is 26.0 Å². The van der Waals surface area contributed by atoms with Crippen molar-refractivity contribution < 1.29 is 43.5 Å². The molecule has 3 amide bonds. The van der Waals surface area contributed by atoms with Gasteiger partial charge in [-0.1, -0.05) is 100 Å². The van der Waals surface area contributed by atoms with Gasteiger partial charge < -0.3 is 30.5 Å². The second-order valence-corrected chi connectivity index (χ2v) is 17.3. The van der Waals surface area contributed by atoms with E-state index >= 15 is 0 Å². The average Bonchev–Trinajstić information content (AvgIpc) is 4.03. The number of ketones is 1. The van der Waals surface area contributed by atoms with E-state index in [2.05, 4.69) is 21.3 Å². The normalized spacial score (nSPS) is 16.8. The summed E-state index contributed by atoms with van der Waals surface area (Å²) >= 11 is 0. The summed E-state index contributed by atoms with van der Waals surface area (Å²) < 4.78 is 10.8. The van der Waals surface area contributed by atoms with E-state index in [1.54, 1.807) is 19.1 Å². The zero-order valence-corrected chi connectivity index (χ0v) is 37.0. The molecular weight excluding hydrogens is 819 g/mol. The molecule has 1 fully saturated rings. The quantitative estimate of drug-likeness (QED) is 0.0150. The Morgan fingerprint density at radius 1 is 0.734 bits per heavy atom. The molecule has 1 heterocycles. The minimum absolute atomic E-state index is 0.0158. The van der Waals surface area contributed by atoms with Gasteiger partial charge in [-0.05, 0) is 85.4 Å². The maximum atomic E-state index is 14.3. The van der Waals surface area contributed by atoms with Crippen molar-refractivity contribution in [3.63, 3.8) is 0 Å². The van der Waals surface area contributed by atoms with Crippen LogP contribution in [0.2, 0.25) is 0 Å². The van der Waals surface area contributed by atoms with E-state index in [4.69, 9.17) is 9.47 Å². The first-order valence-electron chi connectivity index (χ1n) is 21.7. The number of carbonyl (C=O) groups is 5. The highest BCUT2D eigenvalue weighted by molar-refractivity contribution is 5.98. The number of esters is 1. The number of rotatable bonds is 24. The van der Waals surface area contributed by atoms with E-state index < -0.39 is 64.6 Å². The molecule has 4 aromatic carbocycles. The molecule has 0 spiro atoms. The Bertz CT molecular complexity index is 2200. The lowest BCUT2D eigenvalue weighted by molar-refractivity contribution is -0.384. The fourth-order valence-electron chi connectivity index (χ4n) is 7.25. The highest BCUT2D eigenvalue weighted by Crippen LogP contribution is 2.30. The van der Waals surface area contributed by atoms with E-state index in [1.165, 1.54) is 36.4 Å². The average molecular weight is 878 g/mol. The molecule has 0 bridgehead atoms. The number of epoxide rings is 1. The number of carbonyl (C=O) groups excluding carboxylic acids is 5. The number of nitrogens with zero attached hydrogens (tertiary/aromatic N) is 1. The first-order chi connectivity index (χ1) is 30.5. The smallest absolute Gasteiger partial charge is 0.343 e. The molecule has 1 unspecified atom stereocenters. The lowest BCUT2D eigenvalue weighted by Gasteiger charge is -2.31. The molecular formula is C49H59N5O10. The summed E-state index contributed by atoms with van der Waals surface area (Å²) in [6.45, 7) is 9.76. The van der Waals surface area contributed by atoms with Gasteiger partial charge in [0.05, 0.1) is 41.6 Å². The molecule has 15 nitrogen and oxygen atoms in total. The molecule has 1 aliphatic heterocycles. The lowest BCUT2D eigenvalue weighted by atomic mass is 9.93. The van der Waals surface area contributed by atoms with E-state index in [-0.39, 0.29) is 60.5 Å².